The maximum atomic E-state index is 11.5. The predicted octanol–water partition coefficient (Wildman–Crippen LogP) is 1.13. The molecule has 2 rings (SSSR count). The highest BCUT2D eigenvalue weighted by Crippen LogP contribution is 2.20. The van der Waals surface area contributed by atoms with Gasteiger partial charge in [0.1, 0.15) is 0 Å². The van der Waals surface area contributed by atoms with Crippen LogP contribution in [0.1, 0.15) is 16.2 Å². The molecule has 0 aliphatic rings. The molecule has 0 bridgehead atoms. The molecule has 2 heterocycles. The molecule has 0 atom stereocenters. The number of aromatic hydroxyl groups is 1. The minimum atomic E-state index is -0.467. The molecule has 0 fully saturated rings. The van der Waals surface area contributed by atoms with Gasteiger partial charge in [-0.2, -0.15) is 0 Å². The Bertz CT molecular complexity index is 531. The first-order valence-electron chi connectivity index (χ1n) is 4.40. The van der Waals surface area contributed by atoms with Gasteiger partial charge >= 0.3 is 5.97 Å². The summed E-state index contributed by atoms with van der Waals surface area (Å²) in [4.78, 5) is 15.5. The summed E-state index contributed by atoms with van der Waals surface area (Å²) in [6, 6.07) is 3.15. The van der Waals surface area contributed by atoms with Crippen LogP contribution in [0.3, 0.4) is 0 Å². The van der Waals surface area contributed by atoms with Crippen LogP contribution in [-0.4, -0.2) is 27.6 Å². The quantitative estimate of drug-likeness (QED) is 0.710. The molecule has 5 heteroatoms. The summed E-state index contributed by atoms with van der Waals surface area (Å²) in [7, 11) is 1.31. The van der Waals surface area contributed by atoms with Gasteiger partial charge in [0.05, 0.1) is 12.8 Å². The highest BCUT2D eigenvalue weighted by atomic mass is 16.5. The standard InChI is InChI=1S/C10H10N2O3/c1-6-8(10(14)15-2)12-5-3-4-7(13)9(12)11-6/h3-5,13H,1-2H3. The third-order valence-corrected chi connectivity index (χ3v) is 2.18. The molecule has 0 radical (unpaired) electrons. The number of esters is 1. The summed E-state index contributed by atoms with van der Waals surface area (Å²) in [6.07, 6.45) is 1.65. The maximum Gasteiger partial charge on any atom is 0.356 e. The number of methoxy groups -OCH3 is 1. The number of fused-ring (bicyclic) bond motifs is 1. The lowest BCUT2D eigenvalue weighted by molar-refractivity contribution is 0.0592. The molecule has 0 spiro atoms. The first-order chi connectivity index (χ1) is 7.15. The second-order valence-electron chi connectivity index (χ2n) is 3.12. The van der Waals surface area contributed by atoms with E-state index >= 15 is 0 Å². The van der Waals surface area contributed by atoms with Crippen LogP contribution in [0.2, 0.25) is 0 Å². The third kappa shape index (κ3) is 1.32. The molecule has 0 aliphatic carbocycles. The normalized spacial score (nSPS) is 10.5. The number of pyridine rings is 1. The molecule has 1 N–H and O–H groups in total. The van der Waals surface area contributed by atoms with Crippen molar-refractivity contribution in [3.05, 3.63) is 29.7 Å². The van der Waals surface area contributed by atoms with Crippen LogP contribution >= 0.6 is 0 Å². The molecular formula is C10H10N2O3. The molecule has 0 unspecified atom stereocenters. The molecular weight excluding hydrogens is 196 g/mol. The highest BCUT2D eigenvalue weighted by Gasteiger charge is 2.18. The molecule has 0 amide bonds. The van der Waals surface area contributed by atoms with Crippen molar-refractivity contribution in [1.29, 1.82) is 0 Å². The monoisotopic (exact) mass is 206 g/mol. The Kier molecular flexibility index (Phi) is 2.07. The van der Waals surface area contributed by atoms with Gasteiger partial charge in [-0.25, -0.2) is 9.78 Å². The van der Waals surface area contributed by atoms with Crippen molar-refractivity contribution in [3.63, 3.8) is 0 Å². The summed E-state index contributed by atoms with van der Waals surface area (Å²) >= 11 is 0. The summed E-state index contributed by atoms with van der Waals surface area (Å²) in [5.41, 5.74) is 1.22. The van der Waals surface area contributed by atoms with Gasteiger partial charge < -0.3 is 9.84 Å². The topological polar surface area (TPSA) is 63.8 Å². The molecule has 0 aliphatic heterocycles. The van der Waals surface area contributed by atoms with Gasteiger partial charge in [-0.05, 0) is 19.1 Å². The average molecular weight is 206 g/mol. The smallest absolute Gasteiger partial charge is 0.356 e. The van der Waals surface area contributed by atoms with Gasteiger partial charge in [0.25, 0.3) is 0 Å². The molecule has 15 heavy (non-hydrogen) atoms. The lowest BCUT2D eigenvalue weighted by Gasteiger charge is -2.00. The zero-order chi connectivity index (χ0) is 11.0. The number of imidazole rings is 1. The molecule has 0 aromatic carbocycles. The highest BCUT2D eigenvalue weighted by molar-refractivity contribution is 5.90. The molecule has 2 aromatic rings. The van der Waals surface area contributed by atoms with Gasteiger partial charge in [0, 0.05) is 6.20 Å². The van der Waals surface area contributed by atoms with Crippen LogP contribution in [-0.2, 0) is 4.74 Å². The number of rotatable bonds is 1. The van der Waals surface area contributed by atoms with Crippen molar-refractivity contribution in [2.24, 2.45) is 0 Å². The van der Waals surface area contributed by atoms with E-state index in [1.807, 2.05) is 0 Å². The van der Waals surface area contributed by atoms with E-state index in [1.54, 1.807) is 19.2 Å². The second-order valence-corrected chi connectivity index (χ2v) is 3.12. The minimum Gasteiger partial charge on any atom is -0.504 e. The van der Waals surface area contributed by atoms with Gasteiger partial charge in [-0.3, -0.25) is 4.40 Å². The fraction of sp³-hybridized carbons (Fsp3) is 0.200. The first-order valence-corrected chi connectivity index (χ1v) is 4.40. The Morgan fingerprint density at radius 2 is 2.33 bits per heavy atom. The van der Waals surface area contributed by atoms with Crippen LogP contribution in [0.25, 0.3) is 5.65 Å². The van der Waals surface area contributed by atoms with E-state index in [0.717, 1.165) is 0 Å². The Morgan fingerprint density at radius 3 is 3.00 bits per heavy atom. The zero-order valence-electron chi connectivity index (χ0n) is 8.39. The van der Waals surface area contributed by atoms with Gasteiger partial charge in [0.2, 0.25) is 0 Å². The maximum absolute atomic E-state index is 11.5. The summed E-state index contributed by atoms with van der Waals surface area (Å²) < 4.78 is 6.15. The molecule has 0 saturated carbocycles. The number of ether oxygens (including phenoxy) is 1. The summed E-state index contributed by atoms with van der Waals surface area (Å²) in [5.74, 6) is -0.429. The molecule has 78 valence electrons. The van der Waals surface area contributed by atoms with Crippen LogP contribution < -0.4 is 0 Å². The van der Waals surface area contributed by atoms with E-state index in [9.17, 15) is 9.90 Å². The van der Waals surface area contributed by atoms with Crippen molar-refractivity contribution in [2.75, 3.05) is 7.11 Å². The van der Waals surface area contributed by atoms with Crippen LogP contribution in [0.4, 0.5) is 0 Å². The Labute approximate surface area is 85.9 Å². The van der Waals surface area contributed by atoms with Crippen molar-refractivity contribution in [2.45, 2.75) is 6.92 Å². The molecule has 0 saturated heterocycles. The van der Waals surface area contributed by atoms with Crippen molar-refractivity contribution < 1.29 is 14.6 Å². The Morgan fingerprint density at radius 1 is 1.60 bits per heavy atom. The first kappa shape index (κ1) is 9.51. The van der Waals surface area contributed by atoms with Gasteiger partial charge in [-0.15, -0.1) is 0 Å². The van der Waals surface area contributed by atoms with Crippen LogP contribution in [0.15, 0.2) is 18.3 Å². The zero-order valence-corrected chi connectivity index (χ0v) is 8.39. The lowest BCUT2D eigenvalue weighted by Crippen LogP contribution is -2.06. The van der Waals surface area contributed by atoms with Crippen LogP contribution in [0, 0.1) is 6.92 Å². The van der Waals surface area contributed by atoms with Crippen LogP contribution in [0.5, 0.6) is 5.75 Å². The average Bonchev–Trinajstić information content (AvgIpc) is 2.55. The number of nitrogens with zero attached hydrogens (tertiary/aromatic N) is 2. The van der Waals surface area contributed by atoms with Gasteiger partial charge in [-0.1, -0.05) is 0 Å². The third-order valence-electron chi connectivity index (χ3n) is 2.18. The number of aryl methyl sites for hydroxylation is 1. The largest absolute Gasteiger partial charge is 0.504 e. The van der Waals surface area contributed by atoms with E-state index in [1.165, 1.54) is 17.6 Å². The number of carbonyl (C=O) groups excluding carboxylic acids is 1. The number of aromatic nitrogens is 2. The van der Waals surface area contributed by atoms with Gasteiger partial charge in [0.15, 0.2) is 17.1 Å². The Balaban J connectivity index is 2.79. The van der Waals surface area contributed by atoms with Crippen molar-refractivity contribution >= 4 is 11.6 Å². The van der Waals surface area contributed by atoms with Crippen molar-refractivity contribution in [1.82, 2.24) is 9.38 Å². The van der Waals surface area contributed by atoms with E-state index in [-0.39, 0.29) is 5.75 Å². The predicted molar refractivity (Wildman–Crippen MR) is 52.9 cm³/mol. The minimum absolute atomic E-state index is 0.0377. The number of hydrogen-bond donors (Lipinski definition) is 1. The number of hydrogen-bond acceptors (Lipinski definition) is 4. The second kappa shape index (κ2) is 3.27. The fourth-order valence-electron chi connectivity index (χ4n) is 1.51. The lowest BCUT2D eigenvalue weighted by atomic mass is 10.3. The molecule has 2 aromatic heterocycles. The summed E-state index contributed by atoms with van der Waals surface area (Å²) in [6.45, 7) is 1.69. The fourth-order valence-corrected chi connectivity index (χ4v) is 1.51. The SMILES string of the molecule is COC(=O)c1c(C)nc2c(O)cccn12. The van der Waals surface area contributed by atoms with E-state index in [4.69, 9.17) is 0 Å². The van der Waals surface area contributed by atoms with E-state index in [2.05, 4.69) is 9.72 Å². The summed E-state index contributed by atoms with van der Waals surface area (Å²) in [5, 5.41) is 9.53. The van der Waals surface area contributed by atoms with E-state index < -0.39 is 5.97 Å². The van der Waals surface area contributed by atoms with E-state index in [0.29, 0.717) is 17.0 Å². The van der Waals surface area contributed by atoms with Crippen molar-refractivity contribution in [3.8, 4) is 5.75 Å². The number of carbonyl (C=O) groups is 1. The Hall–Kier alpha value is -2.04. The molecule has 5 nitrogen and oxygen atoms in total.